The molecule has 2 fully saturated rings. The van der Waals surface area contributed by atoms with E-state index in [-0.39, 0.29) is 11.7 Å². The van der Waals surface area contributed by atoms with E-state index in [1.54, 1.807) is 17.4 Å². The molecule has 0 aliphatic carbocycles. The maximum Gasteiger partial charge on any atom is 0.254 e. The van der Waals surface area contributed by atoms with Crippen LogP contribution in [0.15, 0.2) is 27.7 Å². The molecule has 0 unspecified atom stereocenters. The smallest absolute Gasteiger partial charge is 0.254 e. The average Bonchev–Trinajstić information content (AvgIpc) is 3.05. The highest BCUT2D eigenvalue weighted by Gasteiger charge is 2.25. The van der Waals surface area contributed by atoms with E-state index in [0.717, 1.165) is 50.7 Å². The second-order valence-electron chi connectivity index (χ2n) is 7.59. The first-order chi connectivity index (χ1) is 13.2. The van der Waals surface area contributed by atoms with Gasteiger partial charge < -0.3 is 14.5 Å². The van der Waals surface area contributed by atoms with Gasteiger partial charge in [0.05, 0.1) is 12.7 Å². The largest absolute Gasteiger partial charge is 0.375 e. The molecule has 7 heteroatoms. The third-order valence-electron chi connectivity index (χ3n) is 5.48. The van der Waals surface area contributed by atoms with Crippen LogP contribution in [0.25, 0.3) is 0 Å². The number of hydrogen-bond acceptors (Lipinski definition) is 6. The fourth-order valence-electron chi connectivity index (χ4n) is 4.11. The van der Waals surface area contributed by atoms with Gasteiger partial charge in [0.15, 0.2) is 0 Å². The van der Waals surface area contributed by atoms with Crippen LogP contribution in [0.5, 0.6) is 0 Å². The van der Waals surface area contributed by atoms with E-state index >= 15 is 0 Å². The van der Waals surface area contributed by atoms with Crippen molar-refractivity contribution in [3.05, 3.63) is 38.8 Å². The second kappa shape index (κ2) is 8.44. The summed E-state index contributed by atoms with van der Waals surface area (Å²) in [5.74, 6) is 1.49. The van der Waals surface area contributed by atoms with E-state index in [2.05, 4.69) is 38.5 Å². The zero-order valence-corrected chi connectivity index (χ0v) is 16.7. The molecule has 2 saturated heterocycles. The van der Waals surface area contributed by atoms with Gasteiger partial charge in [-0.1, -0.05) is 12.8 Å². The molecule has 0 amide bonds. The van der Waals surface area contributed by atoms with E-state index < -0.39 is 0 Å². The summed E-state index contributed by atoms with van der Waals surface area (Å²) >= 11 is 1.74. The topological polar surface area (TPSA) is 61.5 Å². The van der Waals surface area contributed by atoms with Crippen molar-refractivity contribution in [2.75, 3.05) is 36.0 Å². The first kappa shape index (κ1) is 18.5. The third-order valence-corrected chi connectivity index (χ3v) is 6.21. The monoisotopic (exact) mass is 388 g/mol. The van der Waals surface area contributed by atoms with Crippen LogP contribution in [-0.2, 0) is 11.2 Å². The Balaban J connectivity index is 1.61. The zero-order chi connectivity index (χ0) is 18.6. The Bertz CT molecular complexity index is 792. The van der Waals surface area contributed by atoms with Crippen LogP contribution >= 0.6 is 11.3 Å². The quantitative estimate of drug-likeness (QED) is 0.872. The van der Waals surface area contributed by atoms with Crippen LogP contribution in [0.2, 0.25) is 0 Å². The van der Waals surface area contributed by atoms with Gasteiger partial charge in [-0.3, -0.25) is 9.78 Å². The molecule has 2 aromatic rings. The van der Waals surface area contributed by atoms with Crippen LogP contribution in [0.1, 0.15) is 38.2 Å². The summed E-state index contributed by atoms with van der Waals surface area (Å²) in [7, 11) is 0. The van der Waals surface area contributed by atoms with Crippen LogP contribution in [0, 0.1) is 0 Å². The summed E-state index contributed by atoms with van der Waals surface area (Å²) in [4.78, 5) is 24.8. The minimum Gasteiger partial charge on any atom is -0.375 e. The average molecular weight is 389 g/mol. The van der Waals surface area contributed by atoms with Gasteiger partial charge in [0.1, 0.15) is 5.82 Å². The highest BCUT2D eigenvalue weighted by molar-refractivity contribution is 7.07. The normalized spacial score (nSPS) is 24.0. The Morgan fingerprint density at radius 1 is 1.33 bits per heavy atom. The minimum atomic E-state index is -0.0762. The number of thiophene rings is 1. The maximum absolute atomic E-state index is 12.4. The molecule has 0 saturated carbocycles. The van der Waals surface area contributed by atoms with Crippen molar-refractivity contribution in [2.45, 2.75) is 51.2 Å². The summed E-state index contributed by atoms with van der Waals surface area (Å²) < 4.78 is 5.63. The number of rotatable bonds is 4. The molecule has 0 aromatic carbocycles. The Labute approximate surface area is 164 Å². The fraction of sp³-hybridized carbons (Fsp3) is 0.600. The van der Waals surface area contributed by atoms with Crippen LogP contribution < -0.4 is 15.4 Å². The predicted molar refractivity (Wildman–Crippen MR) is 110 cm³/mol. The molecule has 0 spiro atoms. The maximum atomic E-state index is 12.4. The van der Waals surface area contributed by atoms with Gasteiger partial charge in [-0.25, -0.2) is 0 Å². The van der Waals surface area contributed by atoms with Crippen molar-refractivity contribution in [2.24, 2.45) is 0 Å². The van der Waals surface area contributed by atoms with Gasteiger partial charge in [0.2, 0.25) is 5.95 Å². The molecule has 0 radical (unpaired) electrons. The summed E-state index contributed by atoms with van der Waals surface area (Å²) in [6, 6.07) is 4.20. The summed E-state index contributed by atoms with van der Waals surface area (Å²) in [5, 5.41) is 4.36. The van der Waals surface area contributed by atoms with Crippen LogP contribution in [0.3, 0.4) is 0 Å². The molecule has 2 atom stereocenters. The number of nitrogens with one attached hydrogen (secondary N) is 1. The Morgan fingerprint density at radius 2 is 2.26 bits per heavy atom. The van der Waals surface area contributed by atoms with E-state index in [0.29, 0.717) is 12.6 Å². The number of nitrogens with zero attached hydrogens (tertiary/aromatic N) is 3. The van der Waals surface area contributed by atoms with Crippen molar-refractivity contribution in [3.63, 3.8) is 0 Å². The molecule has 4 rings (SSSR count). The van der Waals surface area contributed by atoms with E-state index in [9.17, 15) is 4.79 Å². The Hall–Kier alpha value is -1.86. The van der Waals surface area contributed by atoms with Crippen molar-refractivity contribution in [1.29, 1.82) is 0 Å². The number of morpholine rings is 1. The molecule has 2 aliphatic heterocycles. The molecular weight excluding hydrogens is 360 g/mol. The molecule has 0 bridgehead atoms. The number of ether oxygens (including phenoxy) is 1. The van der Waals surface area contributed by atoms with Crippen molar-refractivity contribution in [3.8, 4) is 0 Å². The molecule has 6 nitrogen and oxygen atoms in total. The number of aromatic nitrogens is 2. The summed E-state index contributed by atoms with van der Waals surface area (Å²) in [6.07, 6.45) is 5.91. The zero-order valence-electron chi connectivity index (χ0n) is 15.9. The van der Waals surface area contributed by atoms with Gasteiger partial charge in [-0.15, -0.1) is 0 Å². The molecule has 4 heterocycles. The number of aromatic amines is 1. The predicted octanol–water partition coefficient (Wildman–Crippen LogP) is 3.05. The summed E-state index contributed by atoms with van der Waals surface area (Å²) in [6.45, 7) is 5.23. The first-order valence-electron chi connectivity index (χ1n) is 9.94. The van der Waals surface area contributed by atoms with Crippen molar-refractivity contribution in [1.82, 2.24) is 9.97 Å². The second-order valence-corrected chi connectivity index (χ2v) is 8.37. The van der Waals surface area contributed by atoms with Crippen molar-refractivity contribution < 1.29 is 4.74 Å². The van der Waals surface area contributed by atoms with Gasteiger partial charge in [-0.05, 0) is 48.6 Å². The highest BCUT2D eigenvalue weighted by atomic mass is 32.1. The number of H-pyrrole nitrogens is 1. The molecule has 2 aromatic heterocycles. The SMILES string of the molecule is C[C@@H]1CN(c2cc(=O)[nH]c(N3CCCCC[C@@H]3Cc3ccsc3)n2)CCO1. The lowest BCUT2D eigenvalue weighted by atomic mass is 10.0. The van der Waals surface area contributed by atoms with Gasteiger partial charge in [-0.2, -0.15) is 16.3 Å². The Kier molecular flexibility index (Phi) is 5.78. The Morgan fingerprint density at radius 3 is 3.07 bits per heavy atom. The molecule has 27 heavy (non-hydrogen) atoms. The minimum absolute atomic E-state index is 0.0762. The molecule has 2 aliphatic rings. The van der Waals surface area contributed by atoms with E-state index in [4.69, 9.17) is 9.72 Å². The number of anilines is 2. The molecule has 1 N–H and O–H groups in total. The lowest BCUT2D eigenvalue weighted by Crippen LogP contribution is -2.43. The van der Waals surface area contributed by atoms with E-state index in [1.807, 2.05) is 0 Å². The van der Waals surface area contributed by atoms with Gasteiger partial charge >= 0.3 is 0 Å². The lowest BCUT2D eigenvalue weighted by molar-refractivity contribution is 0.0529. The molecular formula is C20H28N4O2S. The fourth-order valence-corrected chi connectivity index (χ4v) is 4.79. The van der Waals surface area contributed by atoms with Crippen LogP contribution in [-0.4, -0.2) is 48.4 Å². The number of hydrogen-bond donors (Lipinski definition) is 1. The van der Waals surface area contributed by atoms with E-state index in [1.165, 1.54) is 18.4 Å². The lowest BCUT2D eigenvalue weighted by Gasteiger charge is -2.34. The third kappa shape index (κ3) is 4.52. The standard InChI is InChI=1S/C20H28N4O2S/c1-15-13-23(8-9-26-15)18-12-19(25)22-20(21-18)24-7-4-2-3-5-17(24)11-16-6-10-27-14-16/h6,10,12,14-15,17H,2-5,7-9,11,13H2,1H3,(H,21,22,25)/t15-,17-/m1/s1. The van der Waals surface area contributed by atoms with Crippen LogP contribution in [0.4, 0.5) is 11.8 Å². The highest BCUT2D eigenvalue weighted by Crippen LogP contribution is 2.25. The first-order valence-corrected chi connectivity index (χ1v) is 10.9. The van der Waals surface area contributed by atoms with Crippen molar-refractivity contribution >= 4 is 23.1 Å². The van der Waals surface area contributed by atoms with Gasteiger partial charge in [0, 0.05) is 31.7 Å². The summed E-state index contributed by atoms with van der Waals surface area (Å²) in [5.41, 5.74) is 1.30. The van der Waals surface area contributed by atoms with Gasteiger partial charge in [0.25, 0.3) is 5.56 Å². The molecule has 146 valence electrons.